The lowest BCUT2D eigenvalue weighted by Crippen LogP contribution is -2.23. The second kappa shape index (κ2) is 4.96. The molecule has 1 aromatic carbocycles. The minimum atomic E-state index is -0.133. The maximum absolute atomic E-state index is 11.9. The number of anilines is 1. The number of aryl methyl sites for hydroxylation is 2. The number of carbonyl (C=O) groups is 1. The van der Waals surface area contributed by atoms with Crippen molar-refractivity contribution in [2.45, 2.75) is 20.4 Å². The summed E-state index contributed by atoms with van der Waals surface area (Å²) in [6, 6.07) is 9.18. The number of rotatable bonds is 3. The monoisotopic (exact) mass is 244 g/mol. The molecule has 3 N–H and O–H groups in total. The number of hydrogen-bond acceptors (Lipinski definition) is 3. The summed E-state index contributed by atoms with van der Waals surface area (Å²) in [6.07, 6.45) is 0. The van der Waals surface area contributed by atoms with Gasteiger partial charge >= 0.3 is 0 Å². The van der Waals surface area contributed by atoms with Gasteiger partial charge in [-0.2, -0.15) is 0 Å². The zero-order chi connectivity index (χ0) is 13.1. The number of hydrogen-bond donors (Lipinski definition) is 2. The van der Waals surface area contributed by atoms with E-state index < -0.39 is 0 Å². The van der Waals surface area contributed by atoms with Crippen LogP contribution in [0.25, 0.3) is 0 Å². The van der Waals surface area contributed by atoms with Crippen LogP contribution in [0.3, 0.4) is 0 Å². The molecule has 0 fully saturated rings. The molecule has 2 aromatic rings. The van der Waals surface area contributed by atoms with E-state index in [1.165, 1.54) is 0 Å². The molecule has 1 amide bonds. The van der Waals surface area contributed by atoms with E-state index in [2.05, 4.69) is 5.32 Å². The highest BCUT2D eigenvalue weighted by atomic mass is 16.3. The van der Waals surface area contributed by atoms with Gasteiger partial charge in [-0.1, -0.05) is 12.1 Å². The van der Waals surface area contributed by atoms with Gasteiger partial charge in [-0.05, 0) is 37.6 Å². The molecular weight excluding hydrogens is 228 g/mol. The van der Waals surface area contributed by atoms with Crippen LogP contribution in [0.4, 0.5) is 5.69 Å². The van der Waals surface area contributed by atoms with Crippen molar-refractivity contribution in [3.05, 3.63) is 53.0 Å². The number of nitrogen functional groups attached to an aromatic ring is 1. The summed E-state index contributed by atoms with van der Waals surface area (Å²) in [7, 11) is 0. The molecule has 0 aliphatic rings. The van der Waals surface area contributed by atoms with Gasteiger partial charge in [-0.15, -0.1) is 0 Å². The predicted octanol–water partition coefficient (Wildman–Crippen LogP) is 2.41. The molecular formula is C14H16N2O2. The van der Waals surface area contributed by atoms with Crippen LogP contribution in [0, 0.1) is 13.8 Å². The lowest BCUT2D eigenvalue weighted by Gasteiger charge is -2.05. The summed E-state index contributed by atoms with van der Waals surface area (Å²) in [5, 5.41) is 2.84. The van der Waals surface area contributed by atoms with Gasteiger partial charge in [0.15, 0.2) is 0 Å². The van der Waals surface area contributed by atoms with Crippen molar-refractivity contribution in [3.8, 4) is 0 Å². The van der Waals surface area contributed by atoms with Gasteiger partial charge in [0.2, 0.25) is 0 Å². The summed E-state index contributed by atoms with van der Waals surface area (Å²) in [5.41, 5.74) is 7.92. The molecule has 0 spiro atoms. The quantitative estimate of drug-likeness (QED) is 0.815. The SMILES string of the molecule is Cc1cc(C(=O)NCc2cccc(N)c2)c(C)o1. The first-order chi connectivity index (χ1) is 8.56. The fourth-order valence-corrected chi connectivity index (χ4v) is 1.84. The lowest BCUT2D eigenvalue weighted by molar-refractivity contribution is 0.0949. The van der Waals surface area contributed by atoms with E-state index in [0.717, 1.165) is 11.3 Å². The molecule has 1 aromatic heterocycles. The van der Waals surface area contributed by atoms with Crippen LogP contribution in [0.1, 0.15) is 27.4 Å². The molecule has 2 rings (SSSR count). The van der Waals surface area contributed by atoms with E-state index >= 15 is 0 Å². The first-order valence-electron chi connectivity index (χ1n) is 5.76. The molecule has 0 atom stereocenters. The van der Waals surface area contributed by atoms with Crippen molar-refractivity contribution >= 4 is 11.6 Å². The highest BCUT2D eigenvalue weighted by Gasteiger charge is 2.12. The van der Waals surface area contributed by atoms with Crippen LogP contribution in [-0.4, -0.2) is 5.91 Å². The van der Waals surface area contributed by atoms with Crippen LogP contribution in [-0.2, 0) is 6.54 Å². The second-order valence-electron chi connectivity index (χ2n) is 4.25. The van der Waals surface area contributed by atoms with Gasteiger partial charge < -0.3 is 15.5 Å². The van der Waals surface area contributed by atoms with Crippen LogP contribution < -0.4 is 11.1 Å². The van der Waals surface area contributed by atoms with Crippen molar-refractivity contribution in [3.63, 3.8) is 0 Å². The van der Waals surface area contributed by atoms with Gasteiger partial charge in [0, 0.05) is 12.2 Å². The summed E-state index contributed by atoms with van der Waals surface area (Å²) < 4.78 is 5.33. The van der Waals surface area contributed by atoms with E-state index in [-0.39, 0.29) is 5.91 Å². The minimum absolute atomic E-state index is 0.133. The Hall–Kier alpha value is -2.23. The first-order valence-corrected chi connectivity index (χ1v) is 5.76. The van der Waals surface area contributed by atoms with Gasteiger partial charge in [-0.25, -0.2) is 0 Å². The first kappa shape index (κ1) is 12.2. The molecule has 0 aliphatic carbocycles. The summed E-state index contributed by atoms with van der Waals surface area (Å²) in [5.74, 6) is 1.24. The largest absolute Gasteiger partial charge is 0.466 e. The number of benzene rings is 1. The molecule has 0 radical (unpaired) electrons. The number of amides is 1. The van der Waals surface area contributed by atoms with Crippen molar-refractivity contribution in [1.29, 1.82) is 0 Å². The third kappa shape index (κ3) is 2.71. The number of nitrogens with one attached hydrogen (secondary N) is 1. The molecule has 4 nitrogen and oxygen atoms in total. The van der Waals surface area contributed by atoms with Crippen LogP contribution in [0.15, 0.2) is 34.7 Å². The maximum Gasteiger partial charge on any atom is 0.255 e. The topological polar surface area (TPSA) is 68.3 Å². The Morgan fingerprint density at radius 1 is 1.33 bits per heavy atom. The van der Waals surface area contributed by atoms with Gasteiger partial charge in [0.1, 0.15) is 11.5 Å². The summed E-state index contributed by atoms with van der Waals surface area (Å²) in [6.45, 7) is 4.05. The zero-order valence-corrected chi connectivity index (χ0v) is 10.5. The van der Waals surface area contributed by atoms with Gasteiger partial charge in [0.05, 0.1) is 5.56 Å². The Morgan fingerprint density at radius 2 is 2.11 bits per heavy atom. The Kier molecular flexibility index (Phi) is 3.37. The van der Waals surface area contributed by atoms with E-state index in [4.69, 9.17) is 10.2 Å². The smallest absolute Gasteiger partial charge is 0.255 e. The minimum Gasteiger partial charge on any atom is -0.466 e. The third-order valence-corrected chi connectivity index (χ3v) is 2.69. The fourth-order valence-electron chi connectivity index (χ4n) is 1.84. The molecule has 18 heavy (non-hydrogen) atoms. The predicted molar refractivity (Wildman–Crippen MR) is 70.2 cm³/mol. The Labute approximate surface area is 106 Å². The summed E-state index contributed by atoms with van der Waals surface area (Å²) in [4.78, 5) is 11.9. The molecule has 94 valence electrons. The molecule has 0 bridgehead atoms. The number of furan rings is 1. The van der Waals surface area contributed by atoms with Crippen LogP contribution in [0.2, 0.25) is 0 Å². The van der Waals surface area contributed by atoms with E-state index in [9.17, 15) is 4.79 Å². The van der Waals surface area contributed by atoms with Gasteiger partial charge in [-0.3, -0.25) is 4.79 Å². The van der Waals surface area contributed by atoms with E-state index in [1.807, 2.05) is 31.2 Å². The standard InChI is InChI=1S/C14H16N2O2/c1-9-6-13(10(2)18-9)14(17)16-8-11-4-3-5-12(15)7-11/h3-7H,8,15H2,1-2H3,(H,16,17). The van der Waals surface area contributed by atoms with Crippen LogP contribution >= 0.6 is 0 Å². The molecule has 0 saturated carbocycles. The highest BCUT2D eigenvalue weighted by Crippen LogP contribution is 2.13. The molecule has 4 heteroatoms. The van der Waals surface area contributed by atoms with Gasteiger partial charge in [0.25, 0.3) is 5.91 Å². The molecule has 1 heterocycles. The Bertz CT molecular complexity index is 573. The van der Waals surface area contributed by atoms with E-state index in [1.54, 1.807) is 13.0 Å². The Balaban J connectivity index is 2.03. The van der Waals surface area contributed by atoms with Crippen molar-refractivity contribution in [1.82, 2.24) is 5.32 Å². The fraction of sp³-hybridized carbons (Fsp3) is 0.214. The van der Waals surface area contributed by atoms with Crippen LogP contribution in [0.5, 0.6) is 0 Å². The Morgan fingerprint density at radius 3 is 2.72 bits per heavy atom. The average molecular weight is 244 g/mol. The van der Waals surface area contributed by atoms with E-state index in [0.29, 0.717) is 23.6 Å². The number of nitrogens with two attached hydrogens (primary N) is 1. The molecule has 0 aliphatic heterocycles. The molecule has 0 saturated heterocycles. The van der Waals surface area contributed by atoms with Crippen molar-refractivity contribution < 1.29 is 9.21 Å². The summed E-state index contributed by atoms with van der Waals surface area (Å²) >= 11 is 0. The zero-order valence-electron chi connectivity index (χ0n) is 10.5. The lowest BCUT2D eigenvalue weighted by atomic mass is 10.2. The third-order valence-electron chi connectivity index (χ3n) is 2.69. The number of carbonyl (C=O) groups excluding carboxylic acids is 1. The maximum atomic E-state index is 11.9. The van der Waals surface area contributed by atoms with Crippen molar-refractivity contribution in [2.75, 3.05) is 5.73 Å². The highest BCUT2D eigenvalue weighted by molar-refractivity contribution is 5.95. The molecule has 0 unspecified atom stereocenters. The second-order valence-corrected chi connectivity index (χ2v) is 4.25. The average Bonchev–Trinajstić information content (AvgIpc) is 2.66. The normalized spacial score (nSPS) is 10.3. The van der Waals surface area contributed by atoms with Crippen molar-refractivity contribution in [2.24, 2.45) is 0 Å².